The summed E-state index contributed by atoms with van der Waals surface area (Å²) in [6.45, 7) is 8.58. The molecule has 0 aliphatic carbocycles. The van der Waals surface area contributed by atoms with E-state index in [1.165, 1.54) is 0 Å². The molecule has 0 spiro atoms. The molecule has 0 radical (unpaired) electrons. The normalized spacial score (nSPS) is 12.5. The van der Waals surface area contributed by atoms with Gasteiger partial charge in [-0.2, -0.15) is 0 Å². The molecular weight excluding hydrogens is 296 g/mol. The first kappa shape index (κ1) is 19.4. The van der Waals surface area contributed by atoms with Crippen molar-refractivity contribution in [2.24, 2.45) is 12.0 Å². The van der Waals surface area contributed by atoms with Gasteiger partial charge in [-0.1, -0.05) is 0 Å². The Kier molecular flexibility index (Phi) is 7.97. The van der Waals surface area contributed by atoms with E-state index in [2.05, 4.69) is 25.8 Å². The predicted molar refractivity (Wildman–Crippen MR) is 90.5 cm³/mol. The van der Waals surface area contributed by atoms with E-state index in [4.69, 9.17) is 9.47 Å². The molecule has 0 saturated carbocycles. The van der Waals surface area contributed by atoms with E-state index >= 15 is 0 Å². The second kappa shape index (κ2) is 9.46. The summed E-state index contributed by atoms with van der Waals surface area (Å²) in [6.07, 6.45) is 0.911. The monoisotopic (exact) mass is 326 g/mol. The van der Waals surface area contributed by atoms with Crippen molar-refractivity contribution in [1.82, 2.24) is 25.4 Å². The fourth-order valence-electron chi connectivity index (χ4n) is 1.70. The second-order valence-electron chi connectivity index (χ2n) is 5.98. The number of hydrogen-bond acceptors (Lipinski definition) is 5. The minimum Gasteiger partial charge on any atom is -0.385 e. The molecule has 1 heterocycles. The Bertz CT molecular complexity index is 498. The van der Waals surface area contributed by atoms with Crippen LogP contribution < -0.4 is 10.6 Å². The third-order valence-electron chi connectivity index (χ3n) is 3.61. The molecule has 0 aliphatic heterocycles. The maximum absolute atomic E-state index is 5.42. The van der Waals surface area contributed by atoms with Gasteiger partial charge in [0.05, 0.1) is 5.60 Å². The van der Waals surface area contributed by atoms with Gasteiger partial charge in [0, 0.05) is 41.0 Å². The molecule has 0 saturated heterocycles. The highest BCUT2D eigenvalue weighted by molar-refractivity contribution is 5.79. The quantitative estimate of drug-likeness (QED) is 0.393. The van der Waals surface area contributed by atoms with Crippen molar-refractivity contribution in [3.63, 3.8) is 0 Å². The smallest absolute Gasteiger partial charge is 0.191 e. The van der Waals surface area contributed by atoms with E-state index in [0.717, 1.165) is 30.6 Å². The van der Waals surface area contributed by atoms with Crippen molar-refractivity contribution >= 4 is 5.96 Å². The summed E-state index contributed by atoms with van der Waals surface area (Å²) in [6, 6.07) is 0. The van der Waals surface area contributed by atoms with Gasteiger partial charge in [0.1, 0.15) is 12.4 Å². The lowest BCUT2D eigenvalue weighted by Crippen LogP contribution is -2.45. The Morgan fingerprint density at radius 2 is 2.00 bits per heavy atom. The molecular formula is C15H30N6O2. The summed E-state index contributed by atoms with van der Waals surface area (Å²) in [7, 11) is 5.34. The molecule has 2 N–H and O–H groups in total. The Hall–Kier alpha value is -1.67. The van der Waals surface area contributed by atoms with Gasteiger partial charge in [0.15, 0.2) is 11.8 Å². The first-order valence-electron chi connectivity index (χ1n) is 7.80. The van der Waals surface area contributed by atoms with Crippen LogP contribution in [0, 0.1) is 6.92 Å². The predicted octanol–water partition coefficient (Wildman–Crippen LogP) is 0.620. The minimum absolute atomic E-state index is 0.268. The van der Waals surface area contributed by atoms with Crippen LogP contribution in [-0.2, 0) is 23.1 Å². The highest BCUT2D eigenvalue weighted by Gasteiger charge is 2.16. The van der Waals surface area contributed by atoms with Crippen molar-refractivity contribution in [3.05, 3.63) is 11.6 Å². The lowest BCUT2D eigenvalue weighted by atomic mass is 10.1. The molecule has 0 aromatic carbocycles. The zero-order valence-corrected chi connectivity index (χ0v) is 15.1. The SMILES string of the molecule is COCCCNC(=NCc1nnc(C)n1C)NCC(C)(C)OC. The largest absolute Gasteiger partial charge is 0.385 e. The van der Waals surface area contributed by atoms with Crippen LogP contribution in [0.15, 0.2) is 4.99 Å². The zero-order valence-electron chi connectivity index (χ0n) is 15.1. The molecule has 23 heavy (non-hydrogen) atoms. The molecule has 0 bridgehead atoms. The molecule has 0 amide bonds. The van der Waals surface area contributed by atoms with E-state index in [9.17, 15) is 0 Å². The number of rotatable bonds is 9. The summed E-state index contributed by atoms with van der Waals surface area (Å²) in [4.78, 5) is 4.58. The van der Waals surface area contributed by atoms with Crippen molar-refractivity contribution < 1.29 is 9.47 Å². The molecule has 132 valence electrons. The van der Waals surface area contributed by atoms with E-state index < -0.39 is 0 Å². The third kappa shape index (κ3) is 6.96. The lowest BCUT2D eigenvalue weighted by Gasteiger charge is -2.24. The number of hydrogen-bond donors (Lipinski definition) is 2. The van der Waals surface area contributed by atoms with Crippen LogP contribution >= 0.6 is 0 Å². The summed E-state index contributed by atoms with van der Waals surface area (Å²) in [5.74, 6) is 2.43. The summed E-state index contributed by atoms with van der Waals surface area (Å²) in [5, 5.41) is 14.8. The standard InChI is InChI=1S/C15H30N6O2/c1-12-19-20-13(21(12)4)10-17-14(16-8-7-9-22-5)18-11-15(2,3)23-6/h7-11H2,1-6H3,(H2,16,17,18). The van der Waals surface area contributed by atoms with Crippen LogP contribution in [0.5, 0.6) is 0 Å². The Morgan fingerprint density at radius 3 is 2.57 bits per heavy atom. The molecule has 8 nitrogen and oxygen atoms in total. The molecule has 1 aromatic rings. The van der Waals surface area contributed by atoms with E-state index in [0.29, 0.717) is 19.7 Å². The number of aryl methyl sites for hydroxylation is 1. The van der Waals surface area contributed by atoms with E-state index in [1.807, 2.05) is 32.4 Å². The number of aliphatic imine (C=N–C) groups is 1. The van der Waals surface area contributed by atoms with Crippen LogP contribution in [0.25, 0.3) is 0 Å². The van der Waals surface area contributed by atoms with Gasteiger partial charge in [-0.05, 0) is 27.2 Å². The third-order valence-corrected chi connectivity index (χ3v) is 3.61. The fraction of sp³-hybridized carbons (Fsp3) is 0.800. The van der Waals surface area contributed by atoms with Crippen LogP contribution in [-0.4, -0.2) is 60.2 Å². The first-order chi connectivity index (χ1) is 10.9. The van der Waals surface area contributed by atoms with Crippen molar-refractivity contribution in [3.8, 4) is 0 Å². The number of aromatic nitrogens is 3. The molecule has 1 aromatic heterocycles. The van der Waals surface area contributed by atoms with Gasteiger partial charge < -0.3 is 24.7 Å². The lowest BCUT2D eigenvalue weighted by molar-refractivity contribution is 0.0268. The van der Waals surface area contributed by atoms with E-state index in [-0.39, 0.29) is 5.60 Å². The highest BCUT2D eigenvalue weighted by atomic mass is 16.5. The topological polar surface area (TPSA) is 85.6 Å². The number of nitrogens with zero attached hydrogens (tertiary/aromatic N) is 4. The van der Waals surface area contributed by atoms with Crippen LogP contribution in [0.4, 0.5) is 0 Å². The summed E-state index contributed by atoms with van der Waals surface area (Å²) in [5.41, 5.74) is -0.268. The fourth-order valence-corrected chi connectivity index (χ4v) is 1.70. The molecule has 1 rings (SSSR count). The number of methoxy groups -OCH3 is 2. The number of nitrogens with one attached hydrogen (secondary N) is 2. The van der Waals surface area contributed by atoms with Crippen LogP contribution in [0.3, 0.4) is 0 Å². The zero-order chi connectivity index (χ0) is 17.3. The van der Waals surface area contributed by atoms with Gasteiger partial charge in [0.25, 0.3) is 0 Å². The maximum atomic E-state index is 5.42. The number of guanidine groups is 1. The minimum atomic E-state index is -0.268. The molecule has 0 unspecified atom stereocenters. The summed E-state index contributed by atoms with van der Waals surface area (Å²) < 4.78 is 12.4. The van der Waals surface area contributed by atoms with Crippen molar-refractivity contribution in [1.29, 1.82) is 0 Å². The number of ether oxygens (including phenoxy) is 2. The second-order valence-corrected chi connectivity index (χ2v) is 5.98. The average molecular weight is 326 g/mol. The Balaban J connectivity index is 2.64. The van der Waals surface area contributed by atoms with Gasteiger partial charge in [0.2, 0.25) is 0 Å². The molecule has 0 aliphatic rings. The Morgan fingerprint density at radius 1 is 1.26 bits per heavy atom. The van der Waals surface area contributed by atoms with Crippen LogP contribution in [0.1, 0.15) is 31.9 Å². The van der Waals surface area contributed by atoms with Crippen molar-refractivity contribution in [2.75, 3.05) is 33.9 Å². The van der Waals surface area contributed by atoms with Crippen LogP contribution in [0.2, 0.25) is 0 Å². The van der Waals surface area contributed by atoms with Gasteiger partial charge in [-0.15, -0.1) is 10.2 Å². The highest BCUT2D eigenvalue weighted by Crippen LogP contribution is 2.04. The molecule has 0 fully saturated rings. The maximum Gasteiger partial charge on any atom is 0.191 e. The van der Waals surface area contributed by atoms with Gasteiger partial charge >= 0.3 is 0 Å². The van der Waals surface area contributed by atoms with E-state index in [1.54, 1.807) is 14.2 Å². The van der Waals surface area contributed by atoms with Gasteiger partial charge in [-0.3, -0.25) is 0 Å². The van der Waals surface area contributed by atoms with Crippen molar-refractivity contribution in [2.45, 2.75) is 39.3 Å². The summed E-state index contributed by atoms with van der Waals surface area (Å²) >= 11 is 0. The average Bonchev–Trinajstić information content (AvgIpc) is 2.85. The molecule has 8 heteroatoms. The molecule has 0 atom stereocenters. The Labute approximate surface area is 138 Å². The first-order valence-corrected chi connectivity index (χ1v) is 7.80. The van der Waals surface area contributed by atoms with Gasteiger partial charge in [-0.25, -0.2) is 4.99 Å².